The molecule has 1 aliphatic carbocycles. The summed E-state index contributed by atoms with van der Waals surface area (Å²) in [7, 11) is 0. The topological polar surface area (TPSA) is 87.9 Å². The van der Waals surface area contributed by atoms with Crippen LogP contribution in [0.15, 0.2) is 22.9 Å². The van der Waals surface area contributed by atoms with E-state index < -0.39 is 6.10 Å². The summed E-state index contributed by atoms with van der Waals surface area (Å²) in [6.07, 6.45) is 7.40. The smallest absolute Gasteiger partial charge is 0.178 e. The number of furan rings is 1. The highest BCUT2D eigenvalue weighted by Crippen LogP contribution is 2.39. The molecule has 1 unspecified atom stereocenters. The molecular formula is C18H20N4O2. The van der Waals surface area contributed by atoms with Crippen LogP contribution in [0.1, 0.15) is 57.0 Å². The van der Waals surface area contributed by atoms with Crippen LogP contribution in [0, 0.1) is 17.2 Å². The Labute approximate surface area is 139 Å². The molecule has 1 fully saturated rings. The molecule has 6 nitrogen and oxygen atoms in total. The lowest BCUT2D eigenvalue weighted by Crippen LogP contribution is -2.20. The van der Waals surface area contributed by atoms with Gasteiger partial charge in [-0.25, -0.2) is 4.98 Å². The highest BCUT2D eigenvalue weighted by molar-refractivity contribution is 5.98. The Morgan fingerprint density at radius 2 is 2.17 bits per heavy atom. The van der Waals surface area contributed by atoms with Gasteiger partial charge in [0.05, 0.1) is 18.5 Å². The van der Waals surface area contributed by atoms with Crippen molar-refractivity contribution in [3.63, 3.8) is 0 Å². The van der Waals surface area contributed by atoms with E-state index in [1.807, 2.05) is 6.07 Å². The summed E-state index contributed by atoms with van der Waals surface area (Å²) >= 11 is 0. The zero-order valence-electron chi connectivity index (χ0n) is 13.6. The molecule has 24 heavy (non-hydrogen) atoms. The largest absolute Gasteiger partial charge is 0.460 e. The average Bonchev–Trinajstić information content (AvgIpc) is 3.19. The van der Waals surface area contributed by atoms with Crippen LogP contribution in [-0.4, -0.2) is 19.6 Å². The molecule has 0 amide bonds. The number of nitrogens with zero attached hydrogens (tertiary/aromatic N) is 4. The Morgan fingerprint density at radius 1 is 1.38 bits per heavy atom. The minimum atomic E-state index is -0.653. The monoisotopic (exact) mass is 324 g/mol. The van der Waals surface area contributed by atoms with E-state index in [9.17, 15) is 5.11 Å². The summed E-state index contributed by atoms with van der Waals surface area (Å²) in [6.45, 7) is 1.74. The van der Waals surface area contributed by atoms with Gasteiger partial charge in [0.2, 0.25) is 0 Å². The molecule has 3 aromatic rings. The molecule has 0 spiro atoms. The normalized spacial score (nSPS) is 22.7. The maximum Gasteiger partial charge on any atom is 0.178 e. The van der Waals surface area contributed by atoms with Crippen LogP contribution in [0.25, 0.3) is 22.1 Å². The Morgan fingerprint density at radius 3 is 2.88 bits per heavy atom. The zero-order chi connectivity index (χ0) is 16.7. The SMILES string of the molecule is CC(O)c1nc2cnc3ccoc3c2n1[C@H]1CC[C@H](CC#N)CC1. The zero-order valence-corrected chi connectivity index (χ0v) is 13.6. The average molecular weight is 324 g/mol. The molecule has 1 N–H and O–H groups in total. The fraction of sp³-hybridized carbons (Fsp3) is 0.500. The van der Waals surface area contributed by atoms with Gasteiger partial charge in [0, 0.05) is 18.5 Å². The van der Waals surface area contributed by atoms with Crippen LogP contribution in [0.5, 0.6) is 0 Å². The summed E-state index contributed by atoms with van der Waals surface area (Å²) in [5.41, 5.74) is 3.21. The van der Waals surface area contributed by atoms with Gasteiger partial charge in [-0.05, 0) is 38.5 Å². The Kier molecular flexibility index (Phi) is 3.73. The lowest BCUT2D eigenvalue weighted by atomic mass is 9.84. The molecule has 3 heterocycles. The summed E-state index contributed by atoms with van der Waals surface area (Å²) in [5.74, 6) is 1.15. The van der Waals surface area contributed by atoms with Crippen molar-refractivity contribution in [3.05, 3.63) is 24.4 Å². The number of nitriles is 1. The number of aliphatic hydroxyl groups is 1. The molecule has 3 aromatic heterocycles. The first-order valence-corrected chi connectivity index (χ1v) is 8.48. The minimum Gasteiger partial charge on any atom is -0.460 e. The highest BCUT2D eigenvalue weighted by Gasteiger charge is 2.28. The third kappa shape index (κ3) is 2.36. The third-order valence-corrected chi connectivity index (χ3v) is 5.09. The van der Waals surface area contributed by atoms with E-state index in [2.05, 4.69) is 20.6 Å². The summed E-state index contributed by atoms with van der Waals surface area (Å²) in [4.78, 5) is 8.99. The van der Waals surface area contributed by atoms with Gasteiger partial charge >= 0.3 is 0 Å². The quantitative estimate of drug-likeness (QED) is 0.790. The molecule has 6 heteroatoms. The van der Waals surface area contributed by atoms with E-state index in [1.54, 1.807) is 19.4 Å². The fourth-order valence-electron chi connectivity index (χ4n) is 3.90. The van der Waals surface area contributed by atoms with Crippen molar-refractivity contribution in [2.75, 3.05) is 0 Å². The maximum absolute atomic E-state index is 10.2. The van der Waals surface area contributed by atoms with Gasteiger partial charge in [-0.3, -0.25) is 4.98 Å². The number of imidazole rings is 1. The van der Waals surface area contributed by atoms with Crippen molar-refractivity contribution in [1.29, 1.82) is 5.26 Å². The van der Waals surface area contributed by atoms with E-state index in [0.717, 1.165) is 47.8 Å². The molecule has 1 aliphatic rings. The van der Waals surface area contributed by atoms with E-state index in [0.29, 0.717) is 18.2 Å². The van der Waals surface area contributed by atoms with Gasteiger partial charge in [-0.1, -0.05) is 0 Å². The second-order valence-corrected chi connectivity index (χ2v) is 6.68. The first kappa shape index (κ1) is 15.2. The molecular weight excluding hydrogens is 304 g/mol. The van der Waals surface area contributed by atoms with E-state index in [-0.39, 0.29) is 6.04 Å². The summed E-state index contributed by atoms with van der Waals surface area (Å²) < 4.78 is 7.82. The van der Waals surface area contributed by atoms with Gasteiger partial charge in [-0.2, -0.15) is 5.26 Å². The maximum atomic E-state index is 10.2. The molecule has 4 rings (SSSR count). The lowest BCUT2D eigenvalue weighted by Gasteiger charge is -2.30. The molecule has 1 saturated carbocycles. The van der Waals surface area contributed by atoms with Crippen molar-refractivity contribution >= 4 is 22.1 Å². The summed E-state index contributed by atoms with van der Waals surface area (Å²) in [6, 6.07) is 4.40. The van der Waals surface area contributed by atoms with E-state index in [4.69, 9.17) is 9.68 Å². The van der Waals surface area contributed by atoms with Crippen LogP contribution in [0.2, 0.25) is 0 Å². The predicted octanol–water partition coefficient (Wildman–Crippen LogP) is 3.88. The Balaban J connectivity index is 1.82. The molecule has 1 atom stereocenters. The van der Waals surface area contributed by atoms with Gasteiger partial charge in [0.25, 0.3) is 0 Å². The van der Waals surface area contributed by atoms with Crippen LogP contribution in [0.4, 0.5) is 0 Å². The molecule has 0 saturated heterocycles. The number of aromatic nitrogens is 3. The number of rotatable bonds is 3. The van der Waals surface area contributed by atoms with Crippen molar-refractivity contribution in [2.24, 2.45) is 5.92 Å². The van der Waals surface area contributed by atoms with Gasteiger partial charge < -0.3 is 14.1 Å². The molecule has 124 valence electrons. The number of aliphatic hydroxyl groups excluding tert-OH is 1. The Hall–Kier alpha value is -2.39. The fourth-order valence-corrected chi connectivity index (χ4v) is 3.90. The van der Waals surface area contributed by atoms with Crippen molar-refractivity contribution in [2.45, 2.75) is 51.2 Å². The molecule has 0 bridgehead atoms. The molecule has 0 aliphatic heterocycles. The lowest BCUT2D eigenvalue weighted by molar-refractivity contribution is 0.175. The standard InChI is InChI=1S/C18H20N4O2/c1-11(23)18-21-15-10-20-14-7-9-24-17(14)16(15)22(18)13-4-2-12(3-5-13)6-8-19/h7,9-13,23H,2-6H2,1H3/t11?,12-,13-. The number of fused-ring (bicyclic) bond motifs is 3. The van der Waals surface area contributed by atoms with Crippen molar-refractivity contribution in [1.82, 2.24) is 14.5 Å². The molecule has 0 aromatic carbocycles. The van der Waals surface area contributed by atoms with E-state index in [1.165, 1.54) is 0 Å². The van der Waals surface area contributed by atoms with Gasteiger partial charge in [0.15, 0.2) is 5.58 Å². The highest BCUT2D eigenvalue weighted by atomic mass is 16.3. The second kappa shape index (κ2) is 5.91. The number of hydrogen-bond donors (Lipinski definition) is 1. The van der Waals surface area contributed by atoms with Crippen LogP contribution in [0.3, 0.4) is 0 Å². The first-order valence-electron chi connectivity index (χ1n) is 8.48. The van der Waals surface area contributed by atoms with E-state index >= 15 is 0 Å². The number of hydrogen-bond acceptors (Lipinski definition) is 5. The number of pyridine rings is 1. The first-order chi connectivity index (χ1) is 11.7. The van der Waals surface area contributed by atoms with Crippen LogP contribution < -0.4 is 0 Å². The summed E-state index contributed by atoms with van der Waals surface area (Å²) in [5, 5.41) is 19.1. The van der Waals surface area contributed by atoms with Crippen LogP contribution in [-0.2, 0) is 0 Å². The predicted molar refractivity (Wildman–Crippen MR) is 89.2 cm³/mol. The minimum absolute atomic E-state index is 0.269. The second-order valence-electron chi connectivity index (χ2n) is 6.68. The molecule has 0 radical (unpaired) electrons. The van der Waals surface area contributed by atoms with Crippen molar-refractivity contribution in [3.8, 4) is 6.07 Å². The van der Waals surface area contributed by atoms with Gasteiger partial charge in [-0.15, -0.1) is 0 Å². The van der Waals surface area contributed by atoms with Gasteiger partial charge in [0.1, 0.15) is 28.5 Å². The Bertz CT molecular complexity index is 910. The third-order valence-electron chi connectivity index (χ3n) is 5.09. The van der Waals surface area contributed by atoms with Crippen LogP contribution >= 0.6 is 0 Å². The van der Waals surface area contributed by atoms with Crippen molar-refractivity contribution < 1.29 is 9.52 Å².